The number of amidine groups is 1. The van der Waals surface area contributed by atoms with Crippen LogP contribution >= 0.6 is 23.4 Å². The lowest BCUT2D eigenvalue weighted by atomic mass is 9.88. The van der Waals surface area contributed by atoms with Crippen LogP contribution in [-0.4, -0.2) is 29.1 Å². The Bertz CT molecular complexity index is 570. The summed E-state index contributed by atoms with van der Waals surface area (Å²) in [6, 6.07) is 7.86. The van der Waals surface area contributed by atoms with Crippen LogP contribution < -0.4 is 0 Å². The molecule has 1 aliphatic carbocycles. The molecule has 0 aromatic heterocycles. The van der Waals surface area contributed by atoms with Gasteiger partial charge in [-0.25, -0.2) is 0 Å². The molecule has 2 aliphatic rings. The third-order valence-electron chi connectivity index (χ3n) is 4.28. The third kappa shape index (κ3) is 3.85. The lowest BCUT2D eigenvalue weighted by molar-refractivity contribution is -0.132. The Hall–Kier alpha value is -1.00. The molecule has 1 amide bonds. The average Bonchev–Trinajstić information content (AvgIpc) is 3.01. The first-order chi connectivity index (χ1) is 10.7. The molecule has 3 nitrogen and oxygen atoms in total. The summed E-state index contributed by atoms with van der Waals surface area (Å²) >= 11 is 7.66. The van der Waals surface area contributed by atoms with Crippen molar-refractivity contribution in [3.63, 3.8) is 0 Å². The molecule has 1 aromatic rings. The molecule has 0 radical (unpaired) electrons. The second-order valence-electron chi connectivity index (χ2n) is 5.91. The van der Waals surface area contributed by atoms with Crippen molar-refractivity contribution in [1.29, 1.82) is 0 Å². The summed E-state index contributed by atoms with van der Waals surface area (Å²) in [6.07, 6.45) is 5.73. The minimum atomic E-state index is 0.212. The molecule has 0 atom stereocenters. The fourth-order valence-electron chi connectivity index (χ4n) is 3.10. The SMILES string of the molecule is O=C(C1CCCCC1)N1CCN=C1SCc1cccc(Cl)c1. The molecule has 1 aliphatic heterocycles. The zero-order valence-electron chi connectivity index (χ0n) is 12.6. The summed E-state index contributed by atoms with van der Waals surface area (Å²) in [4.78, 5) is 19.1. The molecule has 5 heteroatoms. The Morgan fingerprint density at radius 3 is 2.91 bits per heavy atom. The van der Waals surface area contributed by atoms with E-state index in [1.54, 1.807) is 11.8 Å². The van der Waals surface area contributed by atoms with Crippen molar-refractivity contribution in [3.8, 4) is 0 Å². The van der Waals surface area contributed by atoms with Crippen molar-refractivity contribution >= 4 is 34.4 Å². The van der Waals surface area contributed by atoms with Gasteiger partial charge in [-0.15, -0.1) is 0 Å². The lowest BCUT2D eigenvalue weighted by Crippen LogP contribution is -2.38. The zero-order chi connectivity index (χ0) is 15.4. The van der Waals surface area contributed by atoms with E-state index in [1.165, 1.54) is 19.3 Å². The van der Waals surface area contributed by atoms with Crippen LogP contribution in [0, 0.1) is 5.92 Å². The lowest BCUT2D eigenvalue weighted by Gasteiger charge is -2.26. The fraction of sp³-hybridized carbons (Fsp3) is 0.529. The second-order valence-corrected chi connectivity index (χ2v) is 7.29. The van der Waals surface area contributed by atoms with Crippen LogP contribution in [0.15, 0.2) is 29.3 Å². The zero-order valence-corrected chi connectivity index (χ0v) is 14.2. The van der Waals surface area contributed by atoms with Crippen molar-refractivity contribution in [1.82, 2.24) is 4.90 Å². The number of hydrogen-bond acceptors (Lipinski definition) is 3. The van der Waals surface area contributed by atoms with E-state index in [9.17, 15) is 4.79 Å². The first-order valence-electron chi connectivity index (χ1n) is 7.97. The Kier molecular flexibility index (Phi) is 5.42. The molecular formula is C17H21ClN2OS. The number of halogens is 1. The van der Waals surface area contributed by atoms with Crippen LogP contribution in [0.4, 0.5) is 0 Å². The van der Waals surface area contributed by atoms with Gasteiger partial charge in [-0.2, -0.15) is 0 Å². The van der Waals surface area contributed by atoms with E-state index in [1.807, 2.05) is 23.1 Å². The Morgan fingerprint density at radius 1 is 1.32 bits per heavy atom. The number of thioether (sulfide) groups is 1. The van der Waals surface area contributed by atoms with Crippen molar-refractivity contribution < 1.29 is 4.79 Å². The molecule has 3 rings (SSSR count). The Balaban J connectivity index is 1.59. The predicted octanol–water partition coefficient (Wildman–Crippen LogP) is 4.35. The number of carbonyl (C=O) groups excluding carboxylic acids is 1. The summed E-state index contributed by atoms with van der Waals surface area (Å²) in [7, 11) is 0. The number of hydrogen-bond donors (Lipinski definition) is 0. The van der Waals surface area contributed by atoms with E-state index in [-0.39, 0.29) is 11.8 Å². The molecule has 1 aromatic carbocycles. The third-order valence-corrected chi connectivity index (χ3v) is 5.60. The number of carbonyl (C=O) groups is 1. The Labute approximate surface area is 141 Å². The number of nitrogens with zero attached hydrogens (tertiary/aromatic N) is 2. The molecule has 0 spiro atoms. The van der Waals surface area contributed by atoms with Gasteiger partial charge in [0.15, 0.2) is 5.17 Å². The highest BCUT2D eigenvalue weighted by Gasteiger charge is 2.30. The Morgan fingerprint density at radius 2 is 2.14 bits per heavy atom. The van der Waals surface area contributed by atoms with Gasteiger partial charge in [0.1, 0.15) is 0 Å². The summed E-state index contributed by atoms with van der Waals surface area (Å²) in [5, 5.41) is 1.64. The van der Waals surface area contributed by atoms with Crippen LogP contribution in [0.25, 0.3) is 0 Å². The topological polar surface area (TPSA) is 32.7 Å². The summed E-state index contributed by atoms with van der Waals surface area (Å²) < 4.78 is 0. The van der Waals surface area contributed by atoms with E-state index in [2.05, 4.69) is 11.1 Å². The van der Waals surface area contributed by atoms with Gasteiger partial charge in [-0.05, 0) is 30.5 Å². The predicted molar refractivity (Wildman–Crippen MR) is 93.3 cm³/mol. The highest BCUT2D eigenvalue weighted by atomic mass is 35.5. The molecule has 0 saturated heterocycles. The van der Waals surface area contributed by atoms with Gasteiger partial charge in [0.05, 0.1) is 6.54 Å². The first-order valence-corrected chi connectivity index (χ1v) is 9.33. The van der Waals surface area contributed by atoms with Crippen LogP contribution in [0.5, 0.6) is 0 Å². The van der Waals surface area contributed by atoms with Gasteiger partial charge in [-0.1, -0.05) is 54.8 Å². The van der Waals surface area contributed by atoms with Crippen LogP contribution in [0.3, 0.4) is 0 Å². The maximum Gasteiger partial charge on any atom is 0.231 e. The monoisotopic (exact) mass is 336 g/mol. The number of amides is 1. The normalized spacial score (nSPS) is 19.3. The van der Waals surface area contributed by atoms with Crippen molar-refractivity contribution in [2.45, 2.75) is 37.9 Å². The van der Waals surface area contributed by atoms with Gasteiger partial charge < -0.3 is 0 Å². The van der Waals surface area contributed by atoms with Gasteiger partial charge in [0, 0.05) is 23.2 Å². The molecule has 1 fully saturated rings. The molecular weight excluding hydrogens is 316 g/mol. The van der Waals surface area contributed by atoms with Crippen molar-refractivity contribution in [2.24, 2.45) is 10.9 Å². The fourth-order valence-corrected chi connectivity index (χ4v) is 4.31. The number of benzene rings is 1. The van der Waals surface area contributed by atoms with E-state index in [0.717, 1.165) is 47.4 Å². The van der Waals surface area contributed by atoms with Gasteiger partial charge in [0.25, 0.3) is 0 Å². The van der Waals surface area contributed by atoms with Crippen LogP contribution in [0.1, 0.15) is 37.7 Å². The van der Waals surface area contributed by atoms with Gasteiger partial charge >= 0.3 is 0 Å². The minimum absolute atomic E-state index is 0.212. The molecule has 22 heavy (non-hydrogen) atoms. The second kappa shape index (κ2) is 7.51. The molecule has 118 valence electrons. The minimum Gasteiger partial charge on any atom is -0.289 e. The van der Waals surface area contributed by atoms with Gasteiger partial charge in [-0.3, -0.25) is 14.7 Å². The average molecular weight is 337 g/mol. The van der Waals surface area contributed by atoms with E-state index in [0.29, 0.717) is 0 Å². The van der Waals surface area contributed by atoms with Crippen molar-refractivity contribution in [3.05, 3.63) is 34.9 Å². The van der Waals surface area contributed by atoms with E-state index in [4.69, 9.17) is 11.6 Å². The van der Waals surface area contributed by atoms with E-state index >= 15 is 0 Å². The molecule has 1 heterocycles. The molecule has 0 N–H and O–H groups in total. The van der Waals surface area contributed by atoms with Crippen molar-refractivity contribution in [2.75, 3.05) is 13.1 Å². The smallest absolute Gasteiger partial charge is 0.231 e. The number of aliphatic imine (C=N–C) groups is 1. The van der Waals surface area contributed by atoms with Crippen LogP contribution in [-0.2, 0) is 10.5 Å². The van der Waals surface area contributed by atoms with E-state index < -0.39 is 0 Å². The highest BCUT2D eigenvalue weighted by Crippen LogP contribution is 2.28. The largest absolute Gasteiger partial charge is 0.289 e. The maximum atomic E-state index is 12.7. The highest BCUT2D eigenvalue weighted by molar-refractivity contribution is 8.13. The summed E-state index contributed by atoms with van der Waals surface area (Å²) in [5.74, 6) is 1.30. The number of rotatable bonds is 3. The van der Waals surface area contributed by atoms with Crippen LogP contribution in [0.2, 0.25) is 5.02 Å². The molecule has 0 unspecified atom stereocenters. The molecule has 1 saturated carbocycles. The molecule has 0 bridgehead atoms. The maximum absolute atomic E-state index is 12.7. The standard InChI is InChI=1S/C17H21ClN2OS/c18-15-8-4-5-13(11-15)12-22-17-19-9-10-20(17)16(21)14-6-2-1-3-7-14/h4-5,8,11,14H,1-3,6-7,9-10,12H2. The van der Waals surface area contributed by atoms with Gasteiger partial charge in [0.2, 0.25) is 5.91 Å². The first kappa shape index (κ1) is 15.9. The summed E-state index contributed by atoms with van der Waals surface area (Å²) in [6.45, 7) is 1.48. The summed E-state index contributed by atoms with van der Waals surface area (Å²) in [5.41, 5.74) is 1.16. The quantitative estimate of drug-likeness (QED) is 0.822.